The Morgan fingerprint density at radius 1 is 1.21 bits per heavy atom. The van der Waals surface area contributed by atoms with E-state index in [1.807, 2.05) is 29.3 Å². The van der Waals surface area contributed by atoms with Crippen LogP contribution in [0, 0.1) is 6.92 Å². The summed E-state index contributed by atoms with van der Waals surface area (Å²) in [6.45, 7) is 5.75. The van der Waals surface area contributed by atoms with E-state index in [-0.39, 0.29) is 5.91 Å². The van der Waals surface area contributed by atoms with Crippen LogP contribution in [0.2, 0.25) is 0 Å². The second kappa shape index (κ2) is 9.01. The zero-order valence-electron chi connectivity index (χ0n) is 16.6. The van der Waals surface area contributed by atoms with Crippen molar-refractivity contribution in [2.45, 2.75) is 51.5 Å². The van der Waals surface area contributed by atoms with Crippen LogP contribution in [0.4, 0.5) is 10.9 Å². The largest absolute Gasteiger partial charge is 0.340 e. The first-order valence-corrected chi connectivity index (χ1v) is 11.2. The molecule has 1 amide bonds. The summed E-state index contributed by atoms with van der Waals surface area (Å²) in [6, 6.07) is 4.69. The molecule has 0 spiro atoms. The molecule has 4 rings (SSSR count). The topological polar surface area (TPSA) is 61.4 Å². The lowest BCUT2D eigenvalue weighted by atomic mass is 9.94. The zero-order chi connectivity index (χ0) is 19.3. The molecule has 150 valence electrons. The number of hydrogen-bond donors (Lipinski definition) is 1. The van der Waals surface area contributed by atoms with E-state index in [4.69, 9.17) is 0 Å². The molecule has 0 aromatic carbocycles. The van der Waals surface area contributed by atoms with Crippen LogP contribution < -0.4 is 5.32 Å². The average molecular weight is 400 g/mol. The van der Waals surface area contributed by atoms with Gasteiger partial charge in [0.05, 0.1) is 12.1 Å². The van der Waals surface area contributed by atoms with Gasteiger partial charge in [0, 0.05) is 43.8 Å². The van der Waals surface area contributed by atoms with Crippen LogP contribution in [0.3, 0.4) is 0 Å². The minimum atomic E-state index is 0.189. The molecule has 2 aromatic rings. The van der Waals surface area contributed by atoms with Crippen molar-refractivity contribution in [3.63, 3.8) is 0 Å². The molecule has 0 radical (unpaired) electrons. The zero-order valence-corrected chi connectivity index (χ0v) is 17.4. The first-order chi connectivity index (χ1) is 13.7. The molecule has 7 heteroatoms. The Morgan fingerprint density at radius 3 is 2.75 bits per heavy atom. The molecular formula is C21H29N5OS. The molecule has 2 fully saturated rings. The lowest BCUT2D eigenvalue weighted by molar-refractivity contribution is -0.132. The van der Waals surface area contributed by atoms with Crippen molar-refractivity contribution >= 4 is 28.2 Å². The van der Waals surface area contributed by atoms with Gasteiger partial charge in [0.25, 0.3) is 0 Å². The molecular weight excluding hydrogens is 370 g/mol. The number of piperazine rings is 1. The van der Waals surface area contributed by atoms with Gasteiger partial charge in [-0.15, -0.1) is 11.3 Å². The highest BCUT2D eigenvalue weighted by Gasteiger charge is 2.27. The van der Waals surface area contributed by atoms with E-state index in [0.717, 1.165) is 54.4 Å². The lowest BCUT2D eigenvalue weighted by Gasteiger charge is -2.40. The van der Waals surface area contributed by atoms with Crippen molar-refractivity contribution in [2.75, 3.05) is 31.5 Å². The standard InChI is InChI=1S/C21H29N5OS/c1-16-7-8-22-19(13-16)24-21-23-17(15-28-21)14-20(27)26-11-9-25(10-12-26)18-5-3-2-4-6-18/h7-8,13,15,18H,2-6,9-12,14H2,1H3,(H,22,23,24). The number of hydrogen-bond acceptors (Lipinski definition) is 6. The van der Waals surface area contributed by atoms with E-state index >= 15 is 0 Å². The highest BCUT2D eigenvalue weighted by Crippen LogP contribution is 2.24. The first-order valence-electron chi connectivity index (χ1n) is 10.3. The molecule has 2 aliphatic rings. The van der Waals surface area contributed by atoms with Gasteiger partial charge in [-0.2, -0.15) is 0 Å². The Balaban J connectivity index is 1.27. The van der Waals surface area contributed by atoms with E-state index in [2.05, 4.69) is 20.2 Å². The van der Waals surface area contributed by atoms with Crippen molar-refractivity contribution in [2.24, 2.45) is 0 Å². The molecule has 3 heterocycles. The summed E-state index contributed by atoms with van der Waals surface area (Å²) in [6.07, 6.45) is 8.94. The van der Waals surface area contributed by atoms with Crippen LogP contribution in [0.1, 0.15) is 43.4 Å². The lowest BCUT2D eigenvalue weighted by Crippen LogP contribution is -2.52. The second-order valence-electron chi connectivity index (χ2n) is 7.87. The van der Waals surface area contributed by atoms with E-state index in [1.165, 1.54) is 43.4 Å². The summed E-state index contributed by atoms with van der Waals surface area (Å²) in [5.74, 6) is 0.972. The molecule has 1 aliphatic heterocycles. The van der Waals surface area contributed by atoms with Crippen LogP contribution in [0.5, 0.6) is 0 Å². The van der Waals surface area contributed by atoms with Crippen molar-refractivity contribution in [3.8, 4) is 0 Å². The normalized spacial score (nSPS) is 19.0. The number of nitrogens with zero attached hydrogens (tertiary/aromatic N) is 4. The minimum Gasteiger partial charge on any atom is -0.340 e. The molecule has 6 nitrogen and oxygen atoms in total. The van der Waals surface area contributed by atoms with Crippen molar-refractivity contribution < 1.29 is 4.79 Å². The van der Waals surface area contributed by atoms with Crippen molar-refractivity contribution in [3.05, 3.63) is 35.0 Å². The third-order valence-corrected chi connectivity index (χ3v) is 6.60. The number of pyridine rings is 1. The monoisotopic (exact) mass is 399 g/mol. The van der Waals surface area contributed by atoms with Gasteiger partial charge in [-0.05, 0) is 37.5 Å². The van der Waals surface area contributed by atoms with Gasteiger partial charge in [0.2, 0.25) is 5.91 Å². The summed E-state index contributed by atoms with van der Waals surface area (Å²) in [4.78, 5) is 26.2. The number of rotatable bonds is 5. The molecule has 0 bridgehead atoms. The van der Waals surface area contributed by atoms with Gasteiger partial charge in [0.15, 0.2) is 5.13 Å². The van der Waals surface area contributed by atoms with Crippen LogP contribution in [-0.4, -0.2) is 57.9 Å². The maximum atomic E-state index is 12.7. The Bertz CT molecular complexity index is 794. The minimum absolute atomic E-state index is 0.189. The molecule has 28 heavy (non-hydrogen) atoms. The number of nitrogens with one attached hydrogen (secondary N) is 1. The number of aromatic nitrogens is 2. The van der Waals surface area contributed by atoms with Gasteiger partial charge in [-0.25, -0.2) is 9.97 Å². The molecule has 2 aromatic heterocycles. The summed E-state index contributed by atoms with van der Waals surface area (Å²) >= 11 is 1.52. The van der Waals surface area contributed by atoms with E-state index < -0.39 is 0 Å². The smallest absolute Gasteiger partial charge is 0.228 e. The fourth-order valence-corrected chi connectivity index (χ4v) is 4.93. The average Bonchev–Trinajstić information content (AvgIpc) is 3.15. The Labute approximate surface area is 171 Å². The Kier molecular flexibility index (Phi) is 6.22. The summed E-state index contributed by atoms with van der Waals surface area (Å²) in [5.41, 5.74) is 1.98. The summed E-state index contributed by atoms with van der Waals surface area (Å²) in [5, 5.41) is 5.97. The van der Waals surface area contributed by atoms with Crippen LogP contribution in [0.15, 0.2) is 23.7 Å². The molecule has 1 aliphatic carbocycles. The predicted molar refractivity (Wildman–Crippen MR) is 113 cm³/mol. The van der Waals surface area contributed by atoms with Crippen molar-refractivity contribution in [1.29, 1.82) is 0 Å². The number of carbonyl (C=O) groups excluding carboxylic acids is 1. The number of amides is 1. The molecule has 1 saturated heterocycles. The summed E-state index contributed by atoms with van der Waals surface area (Å²) < 4.78 is 0. The number of anilines is 2. The van der Waals surface area contributed by atoms with Crippen LogP contribution in [-0.2, 0) is 11.2 Å². The van der Waals surface area contributed by atoms with Gasteiger partial charge >= 0.3 is 0 Å². The van der Waals surface area contributed by atoms with Crippen LogP contribution in [0.25, 0.3) is 0 Å². The highest BCUT2D eigenvalue weighted by atomic mass is 32.1. The molecule has 0 unspecified atom stereocenters. The van der Waals surface area contributed by atoms with Gasteiger partial charge in [0.1, 0.15) is 5.82 Å². The molecule has 0 atom stereocenters. The Hall–Kier alpha value is -1.99. The highest BCUT2D eigenvalue weighted by molar-refractivity contribution is 7.13. The number of thiazole rings is 1. The van der Waals surface area contributed by atoms with Gasteiger partial charge in [-0.1, -0.05) is 19.3 Å². The second-order valence-corrected chi connectivity index (χ2v) is 8.73. The van der Waals surface area contributed by atoms with E-state index in [1.54, 1.807) is 6.20 Å². The quantitative estimate of drug-likeness (QED) is 0.832. The van der Waals surface area contributed by atoms with Crippen molar-refractivity contribution in [1.82, 2.24) is 19.8 Å². The summed E-state index contributed by atoms with van der Waals surface area (Å²) in [7, 11) is 0. The fourth-order valence-electron chi connectivity index (χ4n) is 4.21. The predicted octanol–water partition coefficient (Wildman–Crippen LogP) is 3.61. The SMILES string of the molecule is Cc1ccnc(Nc2nc(CC(=O)N3CCN(C4CCCCC4)CC3)cs2)c1. The van der Waals surface area contributed by atoms with Crippen LogP contribution >= 0.6 is 11.3 Å². The number of aryl methyl sites for hydroxylation is 1. The maximum absolute atomic E-state index is 12.7. The molecule has 1 saturated carbocycles. The van der Waals surface area contributed by atoms with E-state index in [9.17, 15) is 4.79 Å². The fraction of sp³-hybridized carbons (Fsp3) is 0.571. The van der Waals surface area contributed by atoms with Gasteiger partial charge < -0.3 is 10.2 Å². The van der Waals surface area contributed by atoms with Gasteiger partial charge in [-0.3, -0.25) is 9.69 Å². The third kappa shape index (κ3) is 4.89. The van der Waals surface area contributed by atoms with E-state index in [0.29, 0.717) is 6.42 Å². The number of carbonyl (C=O) groups is 1. The first kappa shape index (κ1) is 19.3. The molecule has 1 N–H and O–H groups in total. The third-order valence-electron chi connectivity index (χ3n) is 5.79. The maximum Gasteiger partial charge on any atom is 0.228 e. The Morgan fingerprint density at radius 2 is 2.00 bits per heavy atom.